The number of aliphatic carboxylic acids is 1. The highest BCUT2D eigenvalue weighted by molar-refractivity contribution is 5.71. The van der Waals surface area contributed by atoms with Crippen molar-refractivity contribution in [3.8, 4) is 5.75 Å². The van der Waals surface area contributed by atoms with Crippen molar-refractivity contribution >= 4 is 5.97 Å². The van der Waals surface area contributed by atoms with E-state index in [1.165, 1.54) is 6.07 Å². The second kappa shape index (κ2) is 4.04. The highest BCUT2D eigenvalue weighted by Gasteiger charge is 2.15. The van der Waals surface area contributed by atoms with Crippen LogP contribution in [0.1, 0.15) is 5.56 Å². The van der Waals surface area contributed by atoms with Crippen molar-refractivity contribution in [1.29, 1.82) is 0 Å². The first-order valence-electron chi connectivity index (χ1n) is 3.79. The quantitative estimate of drug-likeness (QED) is 0.809. The van der Waals surface area contributed by atoms with Gasteiger partial charge in [-0.2, -0.15) is 4.39 Å². The van der Waals surface area contributed by atoms with E-state index >= 15 is 0 Å². The van der Waals surface area contributed by atoms with E-state index in [2.05, 4.69) is 4.74 Å². The molecule has 0 heterocycles. The molecule has 14 heavy (non-hydrogen) atoms. The van der Waals surface area contributed by atoms with Crippen molar-refractivity contribution in [3.63, 3.8) is 0 Å². The lowest BCUT2D eigenvalue weighted by Crippen LogP contribution is -2.04. The molecule has 1 rings (SSSR count). The molecule has 0 amide bonds. The zero-order chi connectivity index (χ0) is 10.7. The molecule has 0 aliphatic carbocycles. The molecule has 3 nitrogen and oxygen atoms in total. The average Bonchev–Trinajstić information content (AvgIpc) is 2.11. The topological polar surface area (TPSA) is 46.5 Å². The predicted molar refractivity (Wildman–Crippen MR) is 44.2 cm³/mol. The molecular formula is C9H8F2O3. The van der Waals surface area contributed by atoms with E-state index in [-0.39, 0.29) is 11.3 Å². The van der Waals surface area contributed by atoms with E-state index < -0.39 is 24.0 Å². The molecule has 1 aromatic carbocycles. The average molecular weight is 202 g/mol. The van der Waals surface area contributed by atoms with Crippen molar-refractivity contribution in [2.75, 3.05) is 7.11 Å². The van der Waals surface area contributed by atoms with E-state index in [9.17, 15) is 13.6 Å². The fraction of sp³-hybridized carbons (Fsp3) is 0.222. The normalized spacial score (nSPS) is 9.93. The van der Waals surface area contributed by atoms with Crippen LogP contribution in [-0.2, 0) is 11.2 Å². The molecule has 0 aromatic heterocycles. The van der Waals surface area contributed by atoms with Gasteiger partial charge >= 0.3 is 5.97 Å². The van der Waals surface area contributed by atoms with Gasteiger partial charge in [-0.3, -0.25) is 4.79 Å². The number of carbonyl (C=O) groups is 1. The monoisotopic (exact) mass is 202 g/mol. The van der Waals surface area contributed by atoms with E-state index in [1.54, 1.807) is 0 Å². The van der Waals surface area contributed by atoms with Crippen molar-refractivity contribution in [2.24, 2.45) is 0 Å². The van der Waals surface area contributed by atoms with Crippen LogP contribution in [0.2, 0.25) is 0 Å². The van der Waals surface area contributed by atoms with Crippen LogP contribution < -0.4 is 4.74 Å². The maximum absolute atomic E-state index is 13.0. The number of hydrogen-bond acceptors (Lipinski definition) is 2. The van der Waals surface area contributed by atoms with Crippen LogP contribution in [0.4, 0.5) is 8.78 Å². The Morgan fingerprint density at radius 1 is 1.50 bits per heavy atom. The molecule has 0 aliphatic heterocycles. The second-order valence-electron chi connectivity index (χ2n) is 2.62. The molecule has 0 bridgehead atoms. The summed E-state index contributed by atoms with van der Waals surface area (Å²) in [7, 11) is 1.16. The Balaban J connectivity index is 3.17. The van der Waals surface area contributed by atoms with Crippen molar-refractivity contribution in [2.45, 2.75) is 6.42 Å². The highest BCUT2D eigenvalue weighted by Crippen LogP contribution is 2.25. The minimum Gasteiger partial charge on any atom is -0.493 e. The standard InChI is InChI=1S/C9H8F2O3/c1-14-9-5(4-7(12)13)2-3-6(10)8(9)11/h2-3H,4H2,1H3,(H,12,13). The van der Waals surface area contributed by atoms with Gasteiger partial charge in [0.2, 0.25) is 5.82 Å². The summed E-state index contributed by atoms with van der Waals surface area (Å²) in [6.07, 6.45) is -0.402. The summed E-state index contributed by atoms with van der Waals surface area (Å²) in [5.41, 5.74) is 0.110. The van der Waals surface area contributed by atoms with Gasteiger partial charge in [0.05, 0.1) is 13.5 Å². The van der Waals surface area contributed by atoms with Gasteiger partial charge in [0.25, 0.3) is 0 Å². The number of methoxy groups -OCH3 is 1. The van der Waals surface area contributed by atoms with Crippen LogP contribution in [0.25, 0.3) is 0 Å². The zero-order valence-electron chi connectivity index (χ0n) is 7.38. The summed E-state index contributed by atoms with van der Waals surface area (Å²) in [5, 5.41) is 8.48. The first kappa shape index (κ1) is 10.4. The lowest BCUT2D eigenvalue weighted by Gasteiger charge is -2.07. The lowest BCUT2D eigenvalue weighted by atomic mass is 10.1. The fourth-order valence-electron chi connectivity index (χ4n) is 1.09. The number of hydrogen-bond donors (Lipinski definition) is 1. The van der Waals surface area contributed by atoms with E-state index in [4.69, 9.17) is 5.11 Å². The summed E-state index contributed by atoms with van der Waals surface area (Å²) < 4.78 is 30.3. The summed E-state index contributed by atoms with van der Waals surface area (Å²) >= 11 is 0. The molecule has 1 N–H and O–H groups in total. The Kier molecular flexibility index (Phi) is 3.01. The molecule has 5 heteroatoms. The minimum atomic E-state index is -1.16. The smallest absolute Gasteiger partial charge is 0.307 e. The van der Waals surface area contributed by atoms with Crippen LogP contribution >= 0.6 is 0 Å². The third-order valence-corrected chi connectivity index (χ3v) is 1.68. The fourth-order valence-corrected chi connectivity index (χ4v) is 1.09. The molecule has 76 valence electrons. The van der Waals surface area contributed by atoms with E-state index in [0.29, 0.717) is 0 Å². The summed E-state index contributed by atoms with van der Waals surface area (Å²) in [5.74, 6) is -3.70. The Morgan fingerprint density at radius 3 is 2.64 bits per heavy atom. The van der Waals surface area contributed by atoms with Gasteiger partial charge in [-0.15, -0.1) is 0 Å². The highest BCUT2D eigenvalue weighted by atomic mass is 19.2. The Bertz CT molecular complexity index is 363. The van der Waals surface area contributed by atoms with Gasteiger partial charge in [-0.05, 0) is 6.07 Å². The van der Waals surface area contributed by atoms with Gasteiger partial charge in [0, 0.05) is 5.56 Å². The lowest BCUT2D eigenvalue weighted by molar-refractivity contribution is -0.136. The summed E-state index contributed by atoms with van der Waals surface area (Å²) in [6.45, 7) is 0. The molecule has 0 unspecified atom stereocenters. The van der Waals surface area contributed by atoms with Crippen LogP contribution in [-0.4, -0.2) is 18.2 Å². The molecule has 0 spiro atoms. The van der Waals surface area contributed by atoms with Gasteiger partial charge in [0.1, 0.15) is 0 Å². The summed E-state index contributed by atoms with van der Waals surface area (Å²) in [6, 6.07) is 2.06. The van der Waals surface area contributed by atoms with Crippen molar-refractivity contribution in [1.82, 2.24) is 0 Å². The predicted octanol–water partition coefficient (Wildman–Crippen LogP) is 1.60. The molecule has 1 aromatic rings. The van der Waals surface area contributed by atoms with E-state index in [0.717, 1.165) is 13.2 Å². The molecule has 0 atom stereocenters. The van der Waals surface area contributed by atoms with Crippen molar-refractivity contribution in [3.05, 3.63) is 29.3 Å². The van der Waals surface area contributed by atoms with Crippen molar-refractivity contribution < 1.29 is 23.4 Å². The second-order valence-corrected chi connectivity index (χ2v) is 2.62. The summed E-state index contributed by atoms with van der Waals surface area (Å²) in [4.78, 5) is 10.4. The third kappa shape index (κ3) is 1.99. The number of carboxylic acid groups (broad SMARTS) is 1. The minimum absolute atomic E-state index is 0.110. The number of benzene rings is 1. The maximum atomic E-state index is 13.0. The van der Waals surface area contributed by atoms with Crippen LogP contribution in [0.5, 0.6) is 5.75 Å². The van der Waals surface area contributed by atoms with Gasteiger partial charge < -0.3 is 9.84 Å². The van der Waals surface area contributed by atoms with E-state index in [1.807, 2.05) is 0 Å². The first-order chi connectivity index (χ1) is 6.56. The number of carboxylic acids is 1. The number of ether oxygens (including phenoxy) is 1. The van der Waals surface area contributed by atoms with Crippen LogP contribution in [0, 0.1) is 11.6 Å². The molecule has 0 radical (unpaired) electrons. The molecule has 0 saturated carbocycles. The maximum Gasteiger partial charge on any atom is 0.307 e. The van der Waals surface area contributed by atoms with Crippen LogP contribution in [0.15, 0.2) is 12.1 Å². The molecular weight excluding hydrogens is 194 g/mol. The number of halogens is 2. The van der Waals surface area contributed by atoms with Gasteiger partial charge in [-0.25, -0.2) is 4.39 Å². The molecule has 0 aliphatic rings. The third-order valence-electron chi connectivity index (χ3n) is 1.68. The Morgan fingerprint density at radius 2 is 2.14 bits per heavy atom. The van der Waals surface area contributed by atoms with Crippen LogP contribution in [0.3, 0.4) is 0 Å². The van der Waals surface area contributed by atoms with Gasteiger partial charge in [0.15, 0.2) is 11.6 Å². The SMILES string of the molecule is COc1c(CC(=O)O)ccc(F)c1F. The van der Waals surface area contributed by atoms with Gasteiger partial charge in [-0.1, -0.05) is 6.07 Å². The molecule has 0 saturated heterocycles. The zero-order valence-corrected chi connectivity index (χ0v) is 7.38. The Labute approximate surface area is 78.9 Å². The molecule has 0 fully saturated rings. The first-order valence-corrected chi connectivity index (χ1v) is 3.79. The Hall–Kier alpha value is -1.65. The largest absolute Gasteiger partial charge is 0.493 e. The number of rotatable bonds is 3.